The summed E-state index contributed by atoms with van der Waals surface area (Å²) in [5.74, 6) is -0.790. The summed E-state index contributed by atoms with van der Waals surface area (Å²) in [7, 11) is 0. The number of nitrogens with zero attached hydrogens (tertiary/aromatic N) is 2. The van der Waals surface area contributed by atoms with Gasteiger partial charge >= 0.3 is 6.01 Å². The fourth-order valence-corrected chi connectivity index (χ4v) is 3.50. The normalized spacial score (nSPS) is 16.3. The van der Waals surface area contributed by atoms with E-state index in [1.165, 1.54) is 18.2 Å². The van der Waals surface area contributed by atoms with Gasteiger partial charge in [-0.05, 0) is 42.3 Å². The first-order chi connectivity index (χ1) is 14.1. The number of carbonyl (C=O) groups excluding carboxylic acids is 1. The molecule has 4 aromatic rings. The minimum Gasteiger partial charge on any atom is -0.403 e. The second kappa shape index (κ2) is 6.69. The van der Waals surface area contributed by atoms with Gasteiger partial charge in [0.05, 0.1) is 16.8 Å². The van der Waals surface area contributed by atoms with E-state index in [0.29, 0.717) is 35.2 Å². The molecule has 2 aromatic heterocycles. The van der Waals surface area contributed by atoms with Crippen molar-refractivity contribution in [1.29, 1.82) is 0 Å². The number of aromatic amines is 1. The van der Waals surface area contributed by atoms with Crippen molar-refractivity contribution in [2.24, 2.45) is 0 Å². The Hall–Kier alpha value is -3.75. The minimum absolute atomic E-state index is 0.0952. The van der Waals surface area contributed by atoms with E-state index >= 15 is 0 Å². The standard InChI is InChI=1S/C20H15F2N5O2/c21-11-6-4-10(5-7-11)16-15(12-2-1-3-13(22)17(12)25-16)19-26-27-20(29-19)24-14-8-9-23-18(14)28/h1-7,14,25H,8-9H2,(H,23,28)(H,24,27). The lowest BCUT2D eigenvalue weighted by Gasteiger charge is -2.05. The molecule has 0 radical (unpaired) electrons. The molecule has 1 fully saturated rings. The molecule has 2 aromatic carbocycles. The van der Waals surface area contributed by atoms with Crippen LogP contribution in [0.5, 0.6) is 0 Å². The van der Waals surface area contributed by atoms with E-state index in [-0.39, 0.29) is 29.1 Å². The van der Waals surface area contributed by atoms with Gasteiger partial charge in [0, 0.05) is 11.9 Å². The number of H-pyrrole nitrogens is 1. The van der Waals surface area contributed by atoms with Crippen molar-refractivity contribution in [3.63, 3.8) is 0 Å². The molecule has 1 aliphatic heterocycles. The molecular formula is C20H15F2N5O2. The molecule has 9 heteroatoms. The van der Waals surface area contributed by atoms with Crippen LogP contribution in [0.1, 0.15) is 6.42 Å². The highest BCUT2D eigenvalue weighted by Gasteiger charge is 2.27. The zero-order valence-electron chi connectivity index (χ0n) is 15.0. The van der Waals surface area contributed by atoms with E-state index in [0.717, 1.165) is 0 Å². The van der Waals surface area contributed by atoms with Crippen molar-refractivity contribution in [2.45, 2.75) is 12.5 Å². The predicted octanol–water partition coefficient (Wildman–Crippen LogP) is 3.46. The van der Waals surface area contributed by atoms with Gasteiger partial charge in [0.1, 0.15) is 17.7 Å². The van der Waals surface area contributed by atoms with Gasteiger partial charge in [0.25, 0.3) is 5.89 Å². The minimum atomic E-state index is -0.444. The maximum absolute atomic E-state index is 14.4. The van der Waals surface area contributed by atoms with Crippen molar-refractivity contribution in [3.8, 4) is 22.7 Å². The molecule has 3 N–H and O–H groups in total. The Labute approximate surface area is 163 Å². The fourth-order valence-electron chi connectivity index (χ4n) is 3.50. The van der Waals surface area contributed by atoms with Gasteiger partial charge in [0.2, 0.25) is 5.91 Å². The van der Waals surface area contributed by atoms with Crippen LogP contribution in [0.2, 0.25) is 0 Å². The third-order valence-electron chi connectivity index (χ3n) is 4.90. The third-order valence-corrected chi connectivity index (χ3v) is 4.90. The smallest absolute Gasteiger partial charge is 0.316 e. The lowest BCUT2D eigenvalue weighted by atomic mass is 10.1. The van der Waals surface area contributed by atoms with E-state index < -0.39 is 11.9 Å². The topological polar surface area (TPSA) is 95.8 Å². The van der Waals surface area contributed by atoms with E-state index in [1.807, 2.05) is 0 Å². The zero-order valence-corrected chi connectivity index (χ0v) is 15.0. The highest BCUT2D eigenvalue weighted by atomic mass is 19.1. The van der Waals surface area contributed by atoms with Crippen LogP contribution in [0.15, 0.2) is 46.9 Å². The van der Waals surface area contributed by atoms with E-state index in [4.69, 9.17) is 4.42 Å². The Kier molecular flexibility index (Phi) is 4.01. The number of amides is 1. The fraction of sp³-hybridized carbons (Fsp3) is 0.150. The number of rotatable bonds is 4. The van der Waals surface area contributed by atoms with Crippen molar-refractivity contribution in [3.05, 3.63) is 54.1 Å². The first kappa shape index (κ1) is 17.4. The summed E-state index contributed by atoms with van der Waals surface area (Å²) < 4.78 is 33.5. The van der Waals surface area contributed by atoms with Crippen molar-refractivity contribution >= 4 is 22.8 Å². The molecule has 1 atom stereocenters. The summed E-state index contributed by atoms with van der Waals surface area (Å²) in [4.78, 5) is 14.8. The van der Waals surface area contributed by atoms with Gasteiger partial charge in [0.15, 0.2) is 0 Å². The number of halogens is 2. The molecule has 1 unspecified atom stereocenters. The lowest BCUT2D eigenvalue weighted by Crippen LogP contribution is -2.29. The molecule has 0 bridgehead atoms. The van der Waals surface area contributed by atoms with E-state index in [1.54, 1.807) is 24.3 Å². The number of hydrogen-bond donors (Lipinski definition) is 3. The molecule has 7 nitrogen and oxygen atoms in total. The Balaban J connectivity index is 1.62. The van der Waals surface area contributed by atoms with Gasteiger partial charge < -0.3 is 20.0 Å². The summed E-state index contributed by atoms with van der Waals surface area (Å²) in [5, 5.41) is 14.2. The van der Waals surface area contributed by atoms with Gasteiger partial charge in [-0.25, -0.2) is 8.78 Å². The number of nitrogens with one attached hydrogen (secondary N) is 3. The maximum atomic E-state index is 14.4. The average molecular weight is 395 g/mol. The quantitative estimate of drug-likeness (QED) is 0.492. The molecule has 0 aliphatic carbocycles. The number of anilines is 1. The van der Waals surface area contributed by atoms with Crippen molar-refractivity contribution in [2.75, 3.05) is 11.9 Å². The molecule has 1 aliphatic rings. The summed E-state index contributed by atoms with van der Waals surface area (Å²) in [6, 6.07) is 10.1. The van der Waals surface area contributed by atoms with Gasteiger partial charge in [-0.1, -0.05) is 17.2 Å². The highest BCUT2D eigenvalue weighted by Crippen LogP contribution is 2.39. The van der Waals surface area contributed by atoms with Gasteiger partial charge in [-0.3, -0.25) is 4.79 Å². The summed E-state index contributed by atoms with van der Waals surface area (Å²) in [6.45, 7) is 0.577. The van der Waals surface area contributed by atoms with Crippen LogP contribution in [0.25, 0.3) is 33.6 Å². The molecule has 3 heterocycles. The third kappa shape index (κ3) is 3.00. The van der Waals surface area contributed by atoms with Crippen molar-refractivity contribution in [1.82, 2.24) is 20.5 Å². The van der Waals surface area contributed by atoms with Crippen LogP contribution < -0.4 is 10.6 Å². The number of para-hydroxylation sites is 1. The summed E-state index contributed by atoms with van der Waals surface area (Å²) in [5.41, 5.74) is 1.95. The summed E-state index contributed by atoms with van der Waals surface area (Å²) >= 11 is 0. The van der Waals surface area contributed by atoms with Crippen LogP contribution in [0.4, 0.5) is 14.8 Å². The largest absolute Gasteiger partial charge is 0.403 e. The van der Waals surface area contributed by atoms with E-state index in [9.17, 15) is 13.6 Å². The second-order valence-corrected chi connectivity index (χ2v) is 6.73. The average Bonchev–Trinajstić information content (AvgIpc) is 3.42. The molecule has 5 rings (SSSR count). The van der Waals surface area contributed by atoms with Crippen LogP contribution in [-0.2, 0) is 4.79 Å². The molecule has 1 saturated heterocycles. The van der Waals surface area contributed by atoms with Gasteiger partial charge in [-0.2, -0.15) is 0 Å². The Morgan fingerprint density at radius 1 is 1.10 bits per heavy atom. The maximum Gasteiger partial charge on any atom is 0.316 e. The number of aromatic nitrogens is 3. The molecule has 0 saturated carbocycles. The van der Waals surface area contributed by atoms with Crippen LogP contribution in [0.3, 0.4) is 0 Å². The molecule has 0 spiro atoms. The predicted molar refractivity (Wildman–Crippen MR) is 102 cm³/mol. The molecular weight excluding hydrogens is 380 g/mol. The SMILES string of the molecule is O=C1NCCC1Nc1nnc(-c2c(-c3ccc(F)cc3)[nH]c3c(F)cccc23)o1. The Morgan fingerprint density at radius 2 is 1.93 bits per heavy atom. The first-order valence-electron chi connectivity index (χ1n) is 9.04. The van der Waals surface area contributed by atoms with Crippen molar-refractivity contribution < 1.29 is 18.0 Å². The number of hydrogen-bond acceptors (Lipinski definition) is 5. The zero-order chi connectivity index (χ0) is 20.0. The monoisotopic (exact) mass is 395 g/mol. The highest BCUT2D eigenvalue weighted by molar-refractivity contribution is 6.02. The number of benzene rings is 2. The number of fused-ring (bicyclic) bond motifs is 1. The van der Waals surface area contributed by atoms with Gasteiger partial charge in [-0.15, -0.1) is 5.10 Å². The molecule has 1 amide bonds. The molecule has 146 valence electrons. The van der Waals surface area contributed by atoms with Crippen LogP contribution in [0, 0.1) is 11.6 Å². The Bertz CT molecular complexity index is 1220. The van der Waals surface area contributed by atoms with Crippen LogP contribution in [-0.4, -0.2) is 33.7 Å². The van der Waals surface area contributed by atoms with Crippen LogP contribution >= 0.6 is 0 Å². The Morgan fingerprint density at radius 3 is 2.69 bits per heavy atom. The first-order valence-corrected chi connectivity index (χ1v) is 9.04. The number of carbonyl (C=O) groups is 1. The second-order valence-electron chi connectivity index (χ2n) is 6.73. The molecule has 29 heavy (non-hydrogen) atoms. The van der Waals surface area contributed by atoms with E-state index in [2.05, 4.69) is 25.8 Å². The summed E-state index contributed by atoms with van der Waals surface area (Å²) in [6.07, 6.45) is 0.607. The lowest BCUT2D eigenvalue weighted by molar-refractivity contribution is -0.119.